The van der Waals surface area contributed by atoms with E-state index in [0.717, 1.165) is 18.8 Å². The molecule has 20 heavy (non-hydrogen) atoms. The fourth-order valence-electron chi connectivity index (χ4n) is 1.61. The number of aromatic nitrogens is 3. The third-order valence-electron chi connectivity index (χ3n) is 2.71. The number of nitrogens with one attached hydrogen (secondary N) is 2. The van der Waals surface area contributed by atoms with E-state index in [0.29, 0.717) is 16.6 Å². The van der Waals surface area contributed by atoms with Gasteiger partial charge in [-0.25, -0.2) is 9.97 Å². The van der Waals surface area contributed by atoms with E-state index < -0.39 is 0 Å². The van der Waals surface area contributed by atoms with Crippen molar-refractivity contribution in [1.82, 2.24) is 19.9 Å². The Morgan fingerprint density at radius 3 is 3.00 bits per heavy atom. The summed E-state index contributed by atoms with van der Waals surface area (Å²) in [5.74, 6) is 0.810. The maximum absolute atomic E-state index is 12.1. The molecule has 8 heteroatoms. The summed E-state index contributed by atoms with van der Waals surface area (Å²) in [6.45, 7) is 3.23. The largest absolute Gasteiger partial charge is 0.382 e. The van der Waals surface area contributed by atoms with Crippen molar-refractivity contribution in [2.45, 2.75) is 19.9 Å². The molecule has 2 rings (SSSR count). The molecule has 2 aromatic heterocycles. The SMILES string of the molecule is CCCNc1nc(N)c(C(=O)NCc2nccn2C)s1. The Hall–Kier alpha value is -2.09. The van der Waals surface area contributed by atoms with E-state index in [9.17, 15) is 4.79 Å². The highest BCUT2D eigenvalue weighted by Gasteiger charge is 2.16. The first kappa shape index (κ1) is 14.3. The molecule has 0 aromatic carbocycles. The Kier molecular flexibility index (Phi) is 4.57. The van der Waals surface area contributed by atoms with Crippen molar-refractivity contribution >= 4 is 28.2 Å². The molecule has 0 radical (unpaired) electrons. The van der Waals surface area contributed by atoms with Crippen molar-refractivity contribution in [2.75, 3.05) is 17.6 Å². The van der Waals surface area contributed by atoms with E-state index >= 15 is 0 Å². The van der Waals surface area contributed by atoms with E-state index in [-0.39, 0.29) is 11.7 Å². The zero-order valence-electron chi connectivity index (χ0n) is 11.5. The summed E-state index contributed by atoms with van der Waals surface area (Å²) in [7, 11) is 1.88. The van der Waals surface area contributed by atoms with Crippen molar-refractivity contribution in [3.63, 3.8) is 0 Å². The average molecular weight is 294 g/mol. The van der Waals surface area contributed by atoms with E-state index in [1.165, 1.54) is 11.3 Å². The molecule has 0 unspecified atom stereocenters. The Bertz CT molecular complexity index is 591. The van der Waals surface area contributed by atoms with Crippen molar-refractivity contribution in [3.8, 4) is 0 Å². The number of thiazole rings is 1. The summed E-state index contributed by atoms with van der Waals surface area (Å²) in [6, 6.07) is 0. The van der Waals surface area contributed by atoms with Gasteiger partial charge in [0.1, 0.15) is 16.5 Å². The number of carbonyl (C=O) groups excluding carboxylic acids is 1. The number of hydrogen-bond acceptors (Lipinski definition) is 6. The smallest absolute Gasteiger partial charge is 0.265 e. The van der Waals surface area contributed by atoms with Crippen LogP contribution in [0.1, 0.15) is 28.8 Å². The summed E-state index contributed by atoms with van der Waals surface area (Å²) in [6.07, 6.45) is 4.50. The lowest BCUT2D eigenvalue weighted by atomic mass is 10.4. The van der Waals surface area contributed by atoms with Gasteiger partial charge in [0, 0.05) is 26.0 Å². The van der Waals surface area contributed by atoms with Crippen LogP contribution in [0.5, 0.6) is 0 Å². The van der Waals surface area contributed by atoms with Gasteiger partial charge in [0.25, 0.3) is 5.91 Å². The van der Waals surface area contributed by atoms with Crippen LogP contribution in [0.15, 0.2) is 12.4 Å². The van der Waals surface area contributed by atoms with Gasteiger partial charge >= 0.3 is 0 Å². The Balaban J connectivity index is 1.98. The molecule has 4 N–H and O–H groups in total. The highest BCUT2D eigenvalue weighted by molar-refractivity contribution is 7.18. The lowest BCUT2D eigenvalue weighted by Gasteiger charge is -2.03. The topological polar surface area (TPSA) is 97.9 Å². The summed E-state index contributed by atoms with van der Waals surface area (Å²) in [5, 5.41) is 6.59. The highest BCUT2D eigenvalue weighted by Crippen LogP contribution is 2.24. The number of nitrogens with two attached hydrogens (primary N) is 1. The number of imidazole rings is 1. The summed E-state index contributed by atoms with van der Waals surface area (Å²) in [4.78, 5) is 20.8. The van der Waals surface area contributed by atoms with Gasteiger partial charge in [-0.1, -0.05) is 18.3 Å². The van der Waals surface area contributed by atoms with Crippen molar-refractivity contribution < 1.29 is 4.79 Å². The van der Waals surface area contributed by atoms with E-state index in [4.69, 9.17) is 5.73 Å². The van der Waals surface area contributed by atoms with Gasteiger partial charge in [-0.15, -0.1) is 0 Å². The fourth-order valence-corrected chi connectivity index (χ4v) is 2.44. The van der Waals surface area contributed by atoms with Crippen LogP contribution in [0.3, 0.4) is 0 Å². The summed E-state index contributed by atoms with van der Waals surface area (Å²) < 4.78 is 1.85. The van der Waals surface area contributed by atoms with E-state index in [1.54, 1.807) is 6.20 Å². The number of amides is 1. The van der Waals surface area contributed by atoms with Crippen LogP contribution in [0, 0.1) is 0 Å². The average Bonchev–Trinajstić information content (AvgIpc) is 3.00. The minimum atomic E-state index is -0.229. The molecule has 0 fully saturated rings. The Labute approximate surface area is 121 Å². The maximum Gasteiger partial charge on any atom is 0.265 e. The van der Waals surface area contributed by atoms with Crippen LogP contribution in [0.2, 0.25) is 0 Å². The first-order chi connectivity index (χ1) is 9.61. The number of hydrogen-bond donors (Lipinski definition) is 3. The molecular formula is C12H18N6OS. The maximum atomic E-state index is 12.1. The number of nitrogens with zero attached hydrogens (tertiary/aromatic N) is 3. The van der Waals surface area contributed by atoms with Gasteiger partial charge in [0.05, 0.1) is 6.54 Å². The Morgan fingerprint density at radius 2 is 2.35 bits per heavy atom. The lowest BCUT2D eigenvalue weighted by Crippen LogP contribution is -2.24. The third-order valence-corrected chi connectivity index (χ3v) is 3.74. The van der Waals surface area contributed by atoms with Crippen molar-refractivity contribution in [2.24, 2.45) is 7.05 Å². The second-order valence-electron chi connectivity index (χ2n) is 4.30. The fraction of sp³-hybridized carbons (Fsp3) is 0.417. The molecule has 0 aliphatic rings. The van der Waals surface area contributed by atoms with E-state index in [1.807, 2.05) is 17.8 Å². The summed E-state index contributed by atoms with van der Waals surface area (Å²) in [5.41, 5.74) is 5.77. The first-order valence-corrected chi connectivity index (χ1v) is 7.18. The minimum Gasteiger partial charge on any atom is -0.382 e. The predicted molar refractivity (Wildman–Crippen MR) is 79.7 cm³/mol. The van der Waals surface area contributed by atoms with Crippen LogP contribution >= 0.6 is 11.3 Å². The van der Waals surface area contributed by atoms with Gasteiger partial charge in [0.2, 0.25) is 0 Å². The monoisotopic (exact) mass is 294 g/mol. The van der Waals surface area contributed by atoms with Crippen molar-refractivity contribution in [3.05, 3.63) is 23.1 Å². The normalized spacial score (nSPS) is 10.5. The molecule has 0 bridgehead atoms. The number of carbonyl (C=O) groups is 1. The summed E-state index contributed by atoms with van der Waals surface area (Å²) >= 11 is 1.26. The number of rotatable bonds is 6. The zero-order valence-corrected chi connectivity index (χ0v) is 12.3. The second kappa shape index (κ2) is 6.38. The Morgan fingerprint density at radius 1 is 1.55 bits per heavy atom. The lowest BCUT2D eigenvalue weighted by molar-refractivity contribution is 0.0954. The standard InChI is InChI=1S/C12H18N6OS/c1-3-4-15-12-17-10(13)9(20-12)11(19)16-7-8-14-5-6-18(8)2/h5-6H,3-4,7,13H2,1-2H3,(H,15,17)(H,16,19). The van der Waals surface area contributed by atoms with Gasteiger partial charge in [-0.3, -0.25) is 4.79 Å². The number of anilines is 2. The first-order valence-electron chi connectivity index (χ1n) is 6.36. The van der Waals surface area contributed by atoms with Gasteiger partial charge < -0.3 is 20.9 Å². The molecule has 0 spiro atoms. The molecule has 108 valence electrons. The molecule has 1 amide bonds. The number of aryl methyl sites for hydroxylation is 1. The third kappa shape index (κ3) is 3.27. The van der Waals surface area contributed by atoms with E-state index in [2.05, 4.69) is 27.5 Å². The van der Waals surface area contributed by atoms with Crippen LogP contribution in [-0.4, -0.2) is 27.0 Å². The predicted octanol–water partition coefficient (Wildman–Crippen LogP) is 1.21. The molecule has 0 atom stereocenters. The van der Waals surface area contributed by atoms with Gasteiger partial charge in [-0.05, 0) is 6.42 Å². The molecule has 0 aliphatic carbocycles. The molecule has 0 saturated heterocycles. The molecule has 2 heterocycles. The highest BCUT2D eigenvalue weighted by atomic mass is 32.1. The van der Waals surface area contributed by atoms with Crippen LogP contribution in [0.25, 0.3) is 0 Å². The molecule has 2 aromatic rings. The minimum absolute atomic E-state index is 0.229. The van der Waals surface area contributed by atoms with Crippen LogP contribution in [0.4, 0.5) is 10.9 Å². The molecular weight excluding hydrogens is 276 g/mol. The van der Waals surface area contributed by atoms with Crippen molar-refractivity contribution in [1.29, 1.82) is 0 Å². The quantitative estimate of drug-likeness (QED) is 0.744. The molecule has 0 saturated carbocycles. The van der Waals surface area contributed by atoms with Gasteiger partial charge in [-0.2, -0.15) is 0 Å². The molecule has 7 nitrogen and oxygen atoms in total. The zero-order chi connectivity index (χ0) is 14.5. The van der Waals surface area contributed by atoms with Gasteiger partial charge in [0.15, 0.2) is 5.13 Å². The number of nitrogen functional groups attached to an aromatic ring is 1. The molecule has 0 aliphatic heterocycles. The van der Waals surface area contributed by atoms with Crippen LogP contribution < -0.4 is 16.4 Å². The second-order valence-corrected chi connectivity index (χ2v) is 5.30. The van der Waals surface area contributed by atoms with Crippen LogP contribution in [-0.2, 0) is 13.6 Å².